The van der Waals surface area contributed by atoms with Gasteiger partial charge in [0.2, 0.25) is 0 Å². The van der Waals surface area contributed by atoms with Crippen LogP contribution in [0.2, 0.25) is 5.02 Å². The van der Waals surface area contributed by atoms with Gasteiger partial charge in [-0.3, -0.25) is 4.39 Å². The number of benzene rings is 1. The van der Waals surface area contributed by atoms with E-state index in [9.17, 15) is 9.50 Å². The molecule has 0 fully saturated rings. The standard InChI is InChI=1S/C9H11ClFNO.ClH/c10-6-1-2-9(13)7(5-6)8(12)3-4-11;/h1-2,5,8,13H,3-4,12H2;1H/t8-;/m1./s1. The lowest BCUT2D eigenvalue weighted by Crippen LogP contribution is -2.11. The Morgan fingerprint density at radius 1 is 1.50 bits per heavy atom. The number of nitrogens with two attached hydrogens (primary N) is 1. The smallest absolute Gasteiger partial charge is 0.120 e. The molecule has 0 bridgehead atoms. The number of phenols is 1. The molecule has 0 aliphatic rings. The summed E-state index contributed by atoms with van der Waals surface area (Å²) in [4.78, 5) is 0. The Morgan fingerprint density at radius 2 is 2.14 bits per heavy atom. The molecule has 0 aromatic heterocycles. The number of phenolic OH excluding ortho intramolecular Hbond substituents is 1. The molecule has 0 unspecified atom stereocenters. The summed E-state index contributed by atoms with van der Waals surface area (Å²) in [6, 6.07) is 4.07. The predicted octanol–water partition coefficient (Wildman–Crippen LogP) is 2.83. The molecular weight excluding hydrogens is 228 g/mol. The highest BCUT2D eigenvalue weighted by Crippen LogP contribution is 2.27. The Kier molecular flexibility index (Phi) is 5.84. The van der Waals surface area contributed by atoms with E-state index in [1.54, 1.807) is 12.1 Å². The van der Waals surface area contributed by atoms with E-state index in [0.717, 1.165) is 0 Å². The van der Waals surface area contributed by atoms with E-state index in [1.807, 2.05) is 0 Å². The fraction of sp³-hybridized carbons (Fsp3) is 0.333. The van der Waals surface area contributed by atoms with Crippen molar-refractivity contribution in [2.24, 2.45) is 5.73 Å². The molecular formula is C9H12Cl2FNO. The van der Waals surface area contributed by atoms with Crippen molar-refractivity contribution in [2.45, 2.75) is 12.5 Å². The molecule has 14 heavy (non-hydrogen) atoms. The van der Waals surface area contributed by atoms with E-state index < -0.39 is 12.7 Å². The number of rotatable bonds is 3. The average Bonchev–Trinajstić information content (AvgIpc) is 2.09. The van der Waals surface area contributed by atoms with Gasteiger partial charge in [-0.25, -0.2) is 0 Å². The number of aromatic hydroxyl groups is 1. The third kappa shape index (κ3) is 3.33. The van der Waals surface area contributed by atoms with Crippen LogP contribution in [0, 0.1) is 0 Å². The Bertz CT molecular complexity index is 296. The van der Waals surface area contributed by atoms with Crippen LogP contribution in [0.3, 0.4) is 0 Å². The van der Waals surface area contributed by atoms with Crippen LogP contribution in [0.25, 0.3) is 0 Å². The van der Waals surface area contributed by atoms with Crippen molar-refractivity contribution in [1.29, 1.82) is 0 Å². The molecule has 0 amide bonds. The van der Waals surface area contributed by atoms with Crippen LogP contribution in [-0.2, 0) is 0 Å². The highest BCUT2D eigenvalue weighted by Gasteiger charge is 2.10. The molecule has 1 rings (SSSR count). The van der Waals surface area contributed by atoms with Crippen LogP contribution in [0.15, 0.2) is 18.2 Å². The molecule has 2 nitrogen and oxygen atoms in total. The van der Waals surface area contributed by atoms with E-state index in [4.69, 9.17) is 17.3 Å². The summed E-state index contributed by atoms with van der Waals surface area (Å²) >= 11 is 5.70. The summed E-state index contributed by atoms with van der Waals surface area (Å²) in [7, 11) is 0. The maximum Gasteiger partial charge on any atom is 0.120 e. The molecule has 0 saturated carbocycles. The maximum atomic E-state index is 12.0. The van der Waals surface area contributed by atoms with Crippen LogP contribution in [-0.4, -0.2) is 11.8 Å². The average molecular weight is 240 g/mol. The second kappa shape index (κ2) is 6.06. The second-order valence-corrected chi connectivity index (χ2v) is 3.22. The first kappa shape index (κ1) is 13.5. The number of hydrogen-bond acceptors (Lipinski definition) is 2. The topological polar surface area (TPSA) is 46.2 Å². The van der Waals surface area contributed by atoms with Crippen LogP contribution >= 0.6 is 24.0 Å². The molecule has 80 valence electrons. The van der Waals surface area contributed by atoms with Crippen molar-refractivity contribution in [3.63, 3.8) is 0 Å². The van der Waals surface area contributed by atoms with E-state index >= 15 is 0 Å². The van der Waals surface area contributed by atoms with Crippen molar-refractivity contribution in [2.75, 3.05) is 6.67 Å². The normalized spacial score (nSPS) is 11.9. The molecule has 0 heterocycles. The van der Waals surface area contributed by atoms with Gasteiger partial charge in [0, 0.05) is 16.6 Å². The molecule has 0 spiro atoms. The van der Waals surface area contributed by atoms with Gasteiger partial charge in [-0.05, 0) is 24.6 Å². The largest absolute Gasteiger partial charge is 0.508 e. The predicted molar refractivity (Wildman–Crippen MR) is 57.9 cm³/mol. The highest BCUT2D eigenvalue weighted by atomic mass is 35.5. The molecule has 0 aliphatic carbocycles. The van der Waals surface area contributed by atoms with Gasteiger partial charge < -0.3 is 10.8 Å². The van der Waals surface area contributed by atoms with E-state index in [1.165, 1.54) is 6.07 Å². The van der Waals surface area contributed by atoms with Gasteiger partial charge in [0.25, 0.3) is 0 Å². The first-order chi connectivity index (χ1) is 6.15. The lowest BCUT2D eigenvalue weighted by Gasteiger charge is -2.11. The third-order valence-corrected chi connectivity index (χ3v) is 2.04. The van der Waals surface area contributed by atoms with Gasteiger partial charge in [-0.1, -0.05) is 11.6 Å². The molecule has 0 aliphatic heterocycles. The maximum absolute atomic E-state index is 12.0. The molecule has 1 atom stereocenters. The summed E-state index contributed by atoms with van der Waals surface area (Å²) < 4.78 is 12.0. The lowest BCUT2D eigenvalue weighted by molar-refractivity contribution is 0.424. The fourth-order valence-electron chi connectivity index (χ4n) is 1.10. The van der Waals surface area contributed by atoms with Crippen LogP contribution in [0.4, 0.5) is 4.39 Å². The van der Waals surface area contributed by atoms with E-state index in [-0.39, 0.29) is 24.6 Å². The molecule has 1 aromatic carbocycles. The number of alkyl halides is 1. The minimum Gasteiger partial charge on any atom is -0.508 e. The zero-order valence-electron chi connectivity index (χ0n) is 7.41. The number of halogens is 3. The molecule has 0 saturated heterocycles. The Hall–Kier alpha value is -0.510. The van der Waals surface area contributed by atoms with Crippen LogP contribution < -0.4 is 5.73 Å². The van der Waals surface area contributed by atoms with Gasteiger partial charge in [-0.2, -0.15) is 0 Å². The number of hydrogen-bond donors (Lipinski definition) is 2. The molecule has 0 radical (unpaired) electrons. The van der Waals surface area contributed by atoms with Crippen molar-refractivity contribution in [3.05, 3.63) is 28.8 Å². The van der Waals surface area contributed by atoms with Crippen molar-refractivity contribution >= 4 is 24.0 Å². The second-order valence-electron chi connectivity index (χ2n) is 2.79. The zero-order chi connectivity index (χ0) is 9.84. The van der Waals surface area contributed by atoms with Gasteiger partial charge >= 0.3 is 0 Å². The SMILES string of the molecule is Cl.N[C@H](CCF)c1cc(Cl)ccc1O. The summed E-state index contributed by atoms with van der Waals surface area (Å²) in [6.07, 6.45) is 0.188. The highest BCUT2D eigenvalue weighted by molar-refractivity contribution is 6.30. The van der Waals surface area contributed by atoms with Crippen molar-refractivity contribution in [1.82, 2.24) is 0 Å². The summed E-state index contributed by atoms with van der Waals surface area (Å²) in [5.74, 6) is 0.0605. The molecule has 3 N–H and O–H groups in total. The monoisotopic (exact) mass is 239 g/mol. The zero-order valence-corrected chi connectivity index (χ0v) is 8.98. The van der Waals surface area contributed by atoms with E-state index in [0.29, 0.717) is 10.6 Å². The Morgan fingerprint density at radius 3 is 2.71 bits per heavy atom. The molecule has 5 heteroatoms. The summed E-state index contributed by atoms with van der Waals surface area (Å²) in [6.45, 7) is -0.507. The lowest BCUT2D eigenvalue weighted by atomic mass is 10.0. The summed E-state index contributed by atoms with van der Waals surface area (Å²) in [5.41, 5.74) is 6.11. The quantitative estimate of drug-likeness (QED) is 0.853. The summed E-state index contributed by atoms with van der Waals surface area (Å²) in [5, 5.41) is 9.86. The van der Waals surface area contributed by atoms with Gasteiger partial charge in [-0.15, -0.1) is 12.4 Å². The minimum atomic E-state index is -0.507. The van der Waals surface area contributed by atoms with Crippen LogP contribution in [0.5, 0.6) is 5.75 Å². The van der Waals surface area contributed by atoms with Crippen molar-refractivity contribution < 1.29 is 9.50 Å². The fourth-order valence-corrected chi connectivity index (χ4v) is 1.28. The van der Waals surface area contributed by atoms with Gasteiger partial charge in [0.05, 0.1) is 6.67 Å². The Balaban J connectivity index is 0.00000169. The minimum absolute atomic E-state index is 0. The van der Waals surface area contributed by atoms with Gasteiger partial charge in [0.1, 0.15) is 5.75 Å². The first-order valence-corrected chi connectivity index (χ1v) is 4.33. The van der Waals surface area contributed by atoms with Gasteiger partial charge in [0.15, 0.2) is 0 Å². The first-order valence-electron chi connectivity index (χ1n) is 3.95. The molecule has 1 aromatic rings. The Labute approximate surface area is 93.3 Å². The van der Waals surface area contributed by atoms with Crippen molar-refractivity contribution in [3.8, 4) is 5.75 Å². The van der Waals surface area contributed by atoms with Crippen LogP contribution in [0.1, 0.15) is 18.0 Å². The third-order valence-electron chi connectivity index (χ3n) is 1.81. The van der Waals surface area contributed by atoms with E-state index in [2.05, 4.69) is 0 Å².